The molecule has 3 aromatic rings. The van der Waals surface area contributed by atoms with E-state index in [0.717, 1.165) is 5.56 Å². The van der Waals surface area contributed by atoms with Gasteiger partial charge in [-0.05, 0) is 55.3 Å². The number of amides is 1. The lowest BCUT2D eigenvalue weighted by molar-refractivity contribution is -0.131. The number of ether oxygens (including phenoxy) is 1. The number of nitrogens with one attached hydrogen (secondary N) is 1. The van der Waals surface area contributed by atoms with Gasteiger partial charge >= 0.3 is 0 Å². The highest BCUT2D eigenvalue weighted by atomic mass is 35.5. The van der Waals surface area contributed by atoms with Crippen molar-refractivity contribution in [2.75, 3.05) is 35.9 Å². The lowest BCUT2D eigenvalue weighted by Gasteiger charge is -2.47. The Kier molecular flexibility index (Phi) is 6.58. The first-order valence-electron chi connectivity index (χ1n) is 11.2. The number of halogens is 1. The smallest absolute Gasteiger partial charge is 0.263 e. The van der Waals surface area contributed by atoms with Crippen LogP contribution in [0.1, 0.15) is 20.3 Å². The van der Waals surface area contributed by atoms with Crippen LogP contribution in [-0.4, -0.2) is 56.6 Å². The Hall–Kier alpha value is -2.50. The van der Waals surface area contributed by atoms with E-state index in [9.17, 15) is 13.2 Å². The Morgan fingerprint density at radius 3 is 2.60 bits per heavy atom. The maximum atomic E-state index is 13.6. The molecule has 2 aliphatic rings. The third-order valence-corrected chi connectivity index (χ3v) is 9.05. The number of aromatic nitrogens is 1. The molecule has 0 spiro atoms. The van der Waals surface area contributed by atoms with Gasteiger partial charge in [-0.25, -0.2) is 13.4 Å². The second kappa shape index (κ2) is 9.51. The van der Waals surface area contributed by atoms with E-state index in [1.807, 2.05) is 24.3 Å². The summed E-state index contributed by atoms with van der Waals surface area (Å²) in [6, 6.07) is 13.8. The summed E-state index contributed by atoms with van der Waals surface area (Å²) >= 11 is 7.30. The monoisotopic (exact) mass is 534 g/mol. The zero-order valence-corrected chi connectivity index (χ0v) is 21.4. The van der Waals surface area contributed by atoms with Crippen molar-refractivity contribution in [2.45, 2.75) is 29.8 Å². The highest BCUT2D eigenvalue weighted by Gasteiger charge is 2.46. The van der Waals surface area contributed by atoms with Crippen LogP contribution in [0.25, 0.3) is 0 Å². The Morgan fingerprint density at radius 1 is 1.17 bits per heavy atom. The van der Waals surface area contributed by atoms with Gasteiger partial charge in [0.15, 0.2) is 5.13 Å². The molecule has 0 saturated carbocycles. The number of sulfonamides is 1. The molecule has 35 heavy (non-hydrogen) atoms. The van der Waals surface area contributed by atoms with E-state index in [1.54, 1.807) is 22.4 Å². The molecule has 0 radical (unpaired) electrons. The number of morpholine rings is 1. The van der Waals surface area contributed by atoms with E-state index in [2.05, 4.69) is 21.5 Å². The van der Waals surface area contributed by atoms with Gasteiger partial charge in [0.05, 0.1) is 29.7 Å². The second-order valence-corrected chi connectivity index (χ2v) is 11.8. The fourth-order valence-electron chi connectivity index (χ4n) is 4.78. The van der Waals surface area contributed by atoms with Crippen molar-refractivity contribution in [2.24, 2.45) is 0 Å². The topological polar surface area (TPSA) is 91.8 Å². The van der Waals surface area contributed by atoms with Gasteiger partial charge in [0.25, 0.3) is 10.0 Å². The van der Waals surface area contributed by atoms with Gasteiger partial charge in [0, 0.05) is 36.8 Å². The van der Waals surface area contributed by atoms with Gasteiger partial charge in [0.2, 0.25) is 5.91 Å². The molecule has 11 heteroatoms. The third-order valence-electron chi connectivity index (χ3n) is 6.63. The highest BCUT2D eigenvalue weighted by molar-refractivity contribution is 7.93. The summed E-state index contributed by atoms with van der Waals surface area (Å²) in [4.78, 5) is 21.6. The molecule has 2 aromatic carbocycles. The molecular weight excluding hydrogens is 508 g/mol. The van der Waals surface area contributed by atoms with Crippen LogP contribution < -0.4 is 9.62 Å². The number of nitrogens with zero attached hydrogens (tertiary/aromatic N) is 3. The highest BCUT2D eigenvalue weighted by Crippen LogP contribution is 2.37. The van der Waals surface area contributed by atoms with Gasteiger partial charge in [-0.2, -0.15) is 0 Å². The van der Waals surface area contributed by atoms with Crippen LogP contribution in [-0.2, 0) is 25.1 Å². The van der Waals surface area contributed by atoms with Crippen molar-refractivity contribution in [1.82, 2.24) is 9.88 Å². The first-order chi connectivity index (χ1) is 16.8. The van der Waals surface area contributed by atoms with E-state index in [4.69, 9.17) is 16.3 Å². The minimum absolute atomic E-state index is 0. The van der Waals surface area contributed by atoms with Crippen molar-refractivity contribution in [3.8, 4) is 0 Å². The van der Waals surface area contributed by atoms with Crippen molar-refractivity contribution >= 4 is 49.7 Å². The van der Waals surface area contributed by atoms with Crippen LogP contribution >= 0.6 is 22.9 Å². The summed E-state index contributed by atoms with van der Waals surface area (Å²) in [6.45, 7) is 4.34. The van der Waals surface area contributed by atoms with E-state index in [0.29, 0.717) is 48.6 Å². The minimum atomic E-state index is -3.75. The molecule has 3 heterocycles. The Balaban J connectivity index is 0.00000304. The molecule has 5 rings (SSSR count). The van der Waals surface area contributed by atoms with Gasteiger partial charge in [-0.15, -0.1) is 11.3 Å². The molecule has 2 atom stereocenters. The summed E-state index contributed by atoms with van der Waals surface area (Å²) in [5, 5.41) is 2.67. The van der Waals surface area contributed by atoms with Gasteiger partial charge in [0.1, 0.15) is 0 Å². The standard InChI is InChI=1S/C24H25ClN4O4S2.H2/c1-24(17-2-4-18(25)5-3-17)16-33-14-13-29(24)21-10-12-28(22(21)30)19-6-8-20(9-7-19)35(31,32)27-23-26-11-15-34-23;/h2-9,11,15,21H,10,12-14,16H2,1H3,(H,26,27);1H/t21-,24?;/m0./s1. The predicted octanol–water partition coefficient (Wildman–Crippen LogP) is 4.20. The summed E-state index contributed by atoms with van der Waals surface area (Å²) in [5.74, 6) is 0.00334. The number of hydrogen-bond donors (Lipinski definition) is 1. The van der Waals surface area contributed by atoms with Crippen molar-refractivity contribution in [3.63, 3.8) is 0 Å². The number of anilines is 2. The number of carbonyl (C=O) groups excluding carboxylic acids is 1. The fraction of sp³-hybridized carbons (Fsp3) is 0.333. The number of carbonyl (C=O) groups is 1. The van der Waals surface area contributed by atoms with E-state index >= 15 is 0 Å². The molecule has 1 unspecified atom stereocenters. The Morgan fingerprint density at radius 2 is 1.91 bits per heavy atom. The largest absolute Gasteiger partial charge is 0.378 e. The molecule has 0 aliphatic carbocycles. The average Bonchev–Trinajstić information content (AvgIpc) is 3.49. The Labute approximate surface area is 215 Å². The minimum Gasteiger partial charge on any atom is -0.378 e. The van der Waals surface area contributed by atoms with E-state index in [-0.39, 0.29) is 18.3 Å². The molecule has 2 aliphatic heterocycles. The first-order valence-corrected chi connectivity index (χ1v) is 14.0. The quantitative estimate of drug-likeness (QED) is 0.509. The van der Waals surface area contributed by atoms with Crippen molar-refractivity contribution in [1.29, 1.82) is 0 Å². The molecule has 2 saturated heterocycles. The predicted molar refractivity (Wildman–Crippen MR) is 139 cm³/mol. The number of benzene rings is 2. The maximum absolute atomic E-state index is 13.6. The molecule has 0 bridgehead atoms. The van der Waals surface area contributed by atoms with Gasteiger partial charge in [-0.1, -0.05) is 23.7 Å². The van der Waals surface area contributed by atoms with E-state index in [1.165, 1.54) is 29.7 Å². The zero-order valence-electron chi connectivity index (χ0n) is 19.1. The first kappa shape index (κ1) is 24.2. The summed E-state index contributed by atoms with van der Waals surface area (Å²) < 4.78 is 33.5. The Bertz CT molecular complexity index is 1310. The second-order valence-electron chi connectivity index (χ2n) is 8.76. The molecule has 8 nitrogen and oxygen atoms in total. The van der Waals surface area contributed by atoms with Gasteiger partial charge < -0.3 is 9.64 Å². The number of thiazole rings is 1. The van der Waals surface area contributed by atoms with Crippen LogP contribution in [0.4, 0.5) is 10.8 Å². The fourth-order valence-corrected chi connectivity index (χ4v) is 6.70. The molecule has 186 valence electrons. The van der Waals surface area contributed by atoms with Crippen LogP contribution in [0.15, 0.2) is 65.0 Å². The molecule has 2 fully saturated rings. The summed E-state index contributed by atoms with van der Waals surface area (Å²) in [5.41, 5.74) is 1.26. The number of rotatable bonds is 6. The molecule has 1 aromatic heterocycles. The lowest BCUT2D eigenvalue weighted by atomic mass is 9.88. The molecule has 1 N–H and O–H groups in total. The summed E-state index contributed by atoms with van der Waals surface area (Å²) in [7, 11) is -3.75. The lowest BCUT2D eigenvalue weighted by Crippen LogP contribution is -2.58. The van der Waals surface area contributed by atoms with Crippen LogP contribution in [0.3, 0.4) is 0 Å². The molecule has 1 amide bonds. The molecular formula is C24H27ClN4O4S2. The van der Waals surface area contributed by atoms with Gasteiger partial charge in [-0.3, -0.25) is 14.4 Å². The van der Waals surface area contributed by atoms with Crippen LogP contribution in [0.2, 0.25) is 5.02 Å². The normalized spacial score (nSPS) is 23.5. The average molecular weight is 535 g/mol. The maximum Gasteiger partial charge on any atom is 0.263 e. The SMILES string of the molecule is CC1(c2ccc(Cl)cc2)COCCN1[C@H]1CCN(c2ccc(S(=O)(=O)Nc3nccs3)cc2)C1=O.[HH]. The van der Waals surface area contributed by atoms with Crippen molar-refractivity contribution in [3.05, 3.63) is 70.7 Å². The third kappa shape index (κ3) is 4.68. The van der Waals surface area contributed by atoms with Crippen LogP contribution in [0.5, 0.6) is 0 Å². The summed E-state index contributed by atoms with van der Waals surface area (Å²) in [6.07, 6.45) is 2.21. The number of hydrogen-bond acceptors (Lipinski definition) is 7. The van der Waals surface area contributed by atoms with E-state index < -0.39 is 15.6 Å². The zero-order chi connectivity index (χ0) is 24.6. The van der Waals surface area contributed by atoms with Crippen LogP contribution in [0, 0.1) is 0 Å². The van der Waals surface area contributed by atoms with Crippen molar-refractivity contribution < 1.29 is 19.4 Å².